The Labute approximate surface area is 83.4 Å². The first-order valence-corrected chi connectivity index (χ1v) is 9.24. The summed E-state index contributed by atoms with van der Waals surface area (Å²) in [6.07, 6.45) is 11.4. The van der Waals surface area contributed by atoms with Crippen LogP contribution in [0, 0.1) is 0 Å². The van der Waals surface area contributed by atoms with Crippen LogP contribution >= 0.6 is 0 Å². The van der Waals surface area contributed by atoms with Gasteiger partial charge in [0.05, 0.1) is 8.07 Å². The molecular weight excluding hydrogens is 172 g/mol. The number of allylic oxidation sites excluding steroid dienone is 2. The normalized spacial score (nSPS) is 26.2. The monoisotopic (exact) mass is 194 g/mol. The summed E-state index contributed by atoms with van der Waals surface area (Å²) in [6.45, 7) is 7.60. The average Bonchev–Trinajstić information content (AvgIpc) is 2.59. The van der Waals surface area contributed by atoms with Crippen molar-refractivity contribution in [3.8, 4) is 0 Å². The summed E-state index contributed by atoms with van der Waals surface area (Å²) in [7, 11) is -0.918. The minimum Gasteiger partial charge on any atom is -0.0818 e. The van der Waals surface area contributed by atoms with Gasteiger partial charge in [0.1, 0.15) is 0 Å². The summed E-state index contributed by atoms with van der Waals surface area (Å²) in [5.41, 5.74) is 1.79. The smallest absolute Gasteiger partial charge is 0.0549 e. The van der Waals surface area contributed by atoms with Crippen molar-refractivity contribution in [3.05, 3.63) is 11.6 Å². The standard InChI is InChI=1S/C12H22Si/c1-13(2,3)12(8-9-12)10-11-6-4-5-7-11/h10H,4-9H2,1-3H3. The molecule has 0 aliphatic heterocycles. The van der Waals surface area contributed by atoms with Gasteiger partial charge in [0.15, 0.2) is 0 Å². The van der Waals surface area contributed by atoms with Gasteiger partial charge in [-0.1, -0.05) is 31.3 Å². The van der Waals surface area contributed by atoms with Crippen molar-refractivity contribution in [1.29, 1.82) is 0 Å². The van der Waals surface area contributed by atoms with E-state index in [4.69, 9.17) is 0 Å². The molecule has 0 N–H and O–H groups in total. The second-order valence-electron chi connectivity index (χ2n) is 5.92. The number of hydrogen-bond donors (Lipinski definition) is 0. The third-order valence-corrected chi connectivity index (χ3v) is 7.64. The first-order chi connectivity index (χ1) is 6.04. The first-order valence-electron chi connectivity index (χ1n) is 5.74. The van der Waals surface area contributed by atoms with Gasteiger partial charge in [-0.3, -0.25) is 0 Å². The lowest BCUT2D eigenvalue weighted by Gasteiger charge is -2.26. The van der Waals surface area contributed by atoms with Crippen molar-refractivity contribution in [2.45, 2.75) is 63.2 Å². The molecule has 0 nitrogen and oxygen atoms in total. The van der Waals surface area contributed by atoms with Gasteiger partial charge in [0.25, 0.3) is 0 Å². The Kier molecular flexibility index (Phi) is 2.18. The van der Waals surface area contributed by atoms with Crippen molar-refractivity contribution < 1.29 is 0 Å². The van der Waals surface area contributed by atoms with Crippen molar-refractivity contribution in [1.82, 2.24) is 0 Å². The van der Waals surface area contributed by atoms with Gasteiger partial charge in [0, 0.05) is 0 Å². The van der Waals surface area contributed by atoms with E-state index in [1.54, 1.807) is 5.57 Å². The molecule has 0 spiro atoms. The predicted octanol–water partition coefficient (Wildman–Crippen LogP) is 4.36. The van der Waals surface area contributed by atoms with Gasteiger partial charge in [-0.2, -0.15) is 0 Å². The van der Waals surface area contributed by atoms with Gasteiger partial charge in [0.2, 0.25) is 0 Å². The molecule has 0 aromatic heterocycles. The highest BCUT2D eigenvalue weighted by Gasteiger charge is 2.51. The highest BCUT2D eigenvalue weighted by atomic mass is 28.3. The van der Waals surface area contributed by atoms with Crippen LogP contribution < -0.4 is 0 Å². The lowest BCUT2D eigenvalue weighted by molar-refractivity contribution is 0.886. The van der Waals surface area contributed by atoms with E-state index < -0.39 is 8.07 Å². The van der Waals surface area contributed by atoms with Crippen LogP contribution in [0.15, 0.2) is 11.6 Å². The summed E-state index contributed by atoms with van der Waals surface area (Å²) >= 11 is 0. The van der Waals surface area contributed by atoms with Gasteiger partial charge in [-0.05, 0) is 43.6 Å². The second-order valence-corrected chi connectivity index (χ2v) is 11.4. The molecule has 0 aromatic carbocycles. The van der Waals surface area contributed by atoms with Crippen molar-refractivity contribution in [2.75, 3.05) is 0 Å². The predicted molar refractivity (Wildman–Crippen MR) is 61.8 cm³/mol. The van der Waals surface area contributed by atoms with Crippen LogP contribution in [0.5, 0.6) is 0 Å². The third kappa shape index (κ3) is 1.76. The molecule has 2 aliphatic carbocycles. The minimum absolute atomic E-state index is 0.729. The highest BCUT2D eigenvalue weighted by Crippen LogP contribution is 2.62. The molecule has 13 heavy (non-hydrogen) atoms. The molecular formula is C12H22Si. The van der Waals surface area contributed by atoms with E-state index in [0.717, 1.165) is 5.04 Å². The van der Waals surface area contributed by atoms with Crippen LogP contribution in [-0.4, -0.2) is 8.07 Å². The molecule has 2 fully saturated rings. The van der Waals surface area contributed by atoms with Crippen molar-refractivity contribution in [3.63, 3.8) is 0 Å². The van der Waals surface area contributed by atoms with Crippen LogP contribution in [0.2, 0.25) is 24.7 Å². The zero-order chi connectivity index (χ0) is 9.53. The second kappa shape index (κ2) is 2.98. The molecule has 0 aromatic rings. The Balaban J connectivity index is 2.12. The molecule has 1 heteroatoms. The Morgan fingerprint density at radius 2 is 1.62 bits per heavy atom. The van der Waals surface area contributed by atoms with Gasteiger partial charge >= 0.3 is 0 Å². The largest absolute Gasteiger partial charge is 0.0818 e. The van der Waals surface area contributed by atoms with Gasteiger partial charge < -0.3 is 0 Å². The van der Waals surface area contributed by atoms with E-state index in [-0.39, 0.29) is 0 Å². The summed E-state index contributed by atoms with van der Waals surface area (Å²) in [4.78, 5) is 0. The molecule has 74 valence electrons. The zero-order valence-electron chi connectivity index (χ0n) is 9.32. The van der Waals surface area contributed by atoms with E-state index in [2.05, 4.69) is 25.7 Å². The number of hydrogen-bond acceptors (Lipinski definition) is 0. The van der Waals surface area contributed by atoms with Crippen molar-refractivity contribution in [2.24, 2.45) is 0 Å². The molecule has 2 saturated carbocycles. The van der Waals surface area contributed by atoms with Gasteiger partial charge in [-0.15, -0.1) is 0 Å². The van der Waals surface area contributed by atoms with Gasteiger partial charge in [-0.25, -0.2) is 0 Å². The van der Waals surface area contributed by atoms with E-state index in [1.807, 2.05) is 0 Å². The van der Waals surface area contributed by atoms with E-state index in [1.165, 1.54) is 38.5 Å². The maximum atomic E-state index is 2.70. The molecule has 0 saturated heterocycles. The summed E-state index contributed by atoms with van der Waals surface area (Å²) in [5.74, 6) is 0. The van der Waals surface area contributed by atoms with E-state index in [0.29, 0.717) is 0 Å². The molecule has 2 rings (SSSR count). The topological polar surface area (TPSA) is 0 Å². The lowest BCUT2D eigenvalue weighted by atomic mass is 10.2. The highest BCUT2D eigenvalue weighted by molar-refractivity contribution is 6.80. The summed E-state index contributed by atoms with van der Waals surface area (Å²) in [5, 5.41) is 0.729. The quantitative estimate of drug-likeness (QED) is 0.452. The molecule has 0 amide bonds. The fourth-order valence-electron chi connectivity index (χ4n) is 2.61. The van der Waals surface area contributed by atoms with Crippen LogP contribution in [0.3, 0.4) is 0 Å². The third-order valence-electron chi connectivity index (χ3n) is 4.01. The molecule has 0 radical (unpaired) electrons. The molecule has 0 unspecified atom stereocenters. The van der Waals surface area contributed by atoms with Crippen LogP contribution in [-0.2, 0) is 0 Å². The van der Waals surface area contributed by atoms with Crippen LogP contribution in [0.25, 0.3) is 0 Å². The maximum Gasteiger partial charge on any atom is 0.0549 e. The van der Waals surface area contributed by atoms with Crippen LogP contribution in [0.1, 0.15) is 38.5 Å². The minimum atomic E-state index is -0.918. The van der Waals surface area contributed by atoms with E-state index in [9.17, 15) is 0 Å². The Morgan fingerprint density at radius 1 is 1.08 bits per heavy atom. The Hall–Kier alpha value is -0.0431. The number of rotatable bonds is 2. The molecule has 0 bridgehead atoms. The maximum absolute atomic E-state index is 2.70. The Morgan fingerprint density at radius 3 is 2.00 bits per heavy atom. The molecule has 2 aliphatic rings. The van der Waals surface area contributed by atoms with Crippen molar-refractivity contribution >= 4 is 8.07 Å². The van der Waals surface area contributed by atoms with Crippen LogP contribution in [0.4, 0.5) is 0 Å². The zero-order valence-corrected chi connectivity index (χ0v) is 10.3. The average molecular weight is 194 g/mol. The SMILES string of the molecule is C[Si](C)(C)C1(C=C2CCCC2)CC1. The molecule has 0 atom stereocenters. The molecule has 0 heterocycles. The fraction of sp³-hybridized carbons (Fsp3) is 0.833. The lowest BCUT2D eigenvalue weighted by Crippen LogP contribution is -2.28. The van der Waals surface area contributed by atoms with E-state index >= 15 is 0 Å². The summed E-state index contributed by atoms with van der Waals surface area (Å²) in [6, 6.07) is 0. The summed E-state index contributed by atoms with van der Waals surface area (Å²) < 4.78 is 0. The Bertz CT molecular complexity index is 220. The first kappa shape index (κ1) is 9.51. The fourth-order valence-corrected chi connectivity index (χ4v) is 4.87.